The Bertz CT molecular complexity index is 513. The lowest BCUT2D eigenvalue weighted by Gasteiger charge is -2.27. The van der Waals surface area contributed by atoms with Crippen molar-refractivity contribution >= 4 is 29.3 Å². The molecule has 21 heavy (non-hydrogen) atoms. The molecule has 0 radical (unpaired) electrons. The molecule has 1 aromatic carbocycles. The molecule has 1 aromatic rings. The Morgan fingerprint density at radius 1 is 1.24 bits per heavy atom. The van der Waals surface area contributed by atoms with E-state index in [4.69, 9.17) is 16.3 Å². The molecular formula is C15H19ClN2O3. The summed E-state index contributed by atoms with van der Waals surface area (Å²) in [5.74, 6) is -0.194. The monoisotopic (exact) mass is 310 g/mol. The van der Waals surface area contributed by atoms with Crippen LogP contribution in [-0.4, -0.2) is 25.2 Å². The van der Waals surface area contributed by atoms with Crippen LogP contribution in [0.2, 0.25) is 5.02 Å². The van der Waals surface area contributed by atoms with Crippen molar-refractivity contribution in [1.29, 1.82) is 0 Å². The molecule has 0 heterocycles. The van der Waals surface area contributed by atoms with Crippen LogP contribution >= 0.6 is 11.6 Å². The van der Waals surface area contributed by atoms with Crippen LogP contribution in [0.1, 0.15) is 25.7 Å². The van der Waals surface area contributed by atoms with Crippen molar-refractivity contribution in [3.8, 4) is 0 Å². The van der Waals surface area contributed by atoms with Crippen LogP contribution < -0.4 is 10.6 Å². The summed E-state index contributed by atoms with van der Waals surface area (Å²) in [4.78, 5) is 23.3. The fourth-order valence-corrected chi connectivity index (χ4v) is 2.75. The van der Waals surface area contributed by atoms with Crippen LogP contribution in [0.25, 0.3) is 0 Å². The SMILES string of the molecule is COC(=O)C1CCC(NC(=O)Nc2cccc(Cl)c2)CC1. The molecular weight excluding hydrogens is 292 g/mol. The van der Waals surface area contributed by atoms with Crippen molar-refractivity contribution < 1.29 is 14.3 Å². The number of amides is 2. The van der Waals surface area contributed by atoms with Crippen LogP contribution in [0.3, 0.4) is 0 Å². The number of benzene rings is 1. The summed E-state index contributed by atoms with van der Waals surface area (Å²) in [7, 11) is 1.41. The number of methoxy groups -OCH3 is 1. The van der Waals surface area contributed by atoms with Crippen molar-refractivity contribution in [2.45, 2.75) is 31.7 Å². The molecule has 1 aliphatic carbocycles. The number of hydrogen-bond acceptors (Lipinski definition) is 3. The highest BCUT2D eigenvalue weighted by molar-refractivity contribution is 6.30. The maximum absolute atomic E-state index is 11.9. The number of rotatable bonds is 3. The fourth-order valence-electron chi connectivity index (χ4n) is 2.56. The summed E-state index contributed by atoms with van der Waals surface area (Å²) in [5, 5.41) is 6.24. The molecule has 2 rings (SSSR count). The number of ether oxygens (including phenoxy) is 1. The predicted molar refractivity (Wildman–Crippen MR) is 81.4 cm³/mol. The van der Waals surface area contributed by atoms with E-state index < -0.39 is 0 Å². The molecule has 0 bridgehead atoms. The van der Waals surface area contributed by atoms with E-state index >= 15 is 0 Å². The smallest absolute Gasteiger partial charge is 0.319 e. The predicted octanol–water partition coefficient (Wildman–Crippen LogP) is 3.19. The van der Waals surface area contributed by atoms with Gasteiger partial charge < -0.3 is 15.4 Å². The molecule has 0 saturated heterocycles. The average Bonchev–Trinajstić information content (AvgIpc) is 2.47. The van der Waals surface area contributed by atoms with Gasteiger partial charge in [-0.05, 0) is 43.9 Å². The topological polar surface area (TPSA) is 67.4 Å². The van der Waals surface area contributed by atoms with Crippen molar-refractivity contribution in [3.05, 3.63) is 29.3 Å². The summed E-state index contributed by atoms with van der Waals surface area (Å²) >= 11 is 5.86. The van der Waals surface area contributed by atoms with E-state index in [2.05, 4.69) is 10.6 Å². The second-order valence-corrected chi connectivity index (χ2v) is 5.62. The molecule has 1 saturated carbocycles. The summed E-state index contributed by atoms with van der Waals surface area (Å²) in [5.41, 5.74) is 0.656. The number of halogens is 1. The number of carbonyl (C=O) groups excluding carboxylic acids is 2. The van der Waals surface area contributed by atoms with E-state index in [1.54, 1.807) is 24.3 Å². The van der Waals surface area contributed by atoms with Gasteiger partial charge >= 0.3 is 12.0 Å². The first-order valence-electron chi connectivity index (χ1n) is 6.99. The normalized spacial score (nSPS) is 21.4. The van der Waals surface area contributed by atoms with Crippen LogP contribution in [0, 0.1) is 5.92 Å². The first-order valence-corrected chi connectivity index (χ1v) is 7.37. The van der Waals surface area contributed by atoms with Gasteiger partial charge in [0.15, 0.2) is 0 Å². The van der Waals surface area contributed by atoms with E-state index in [9.17, 15) is 9.59 Å². The lowest BCUT2D eigenvalue weighted by atomic mass is 9.86. The zero-order valence-corrected chi connectivity index (χ0v) is 12.7. The molecule has 2 amide bonds. The Hall–Kier alpha value is -1.75. The van der Waals surface area contributed by atoms with Crippen molar-refractivity contribution in [2.75, 3.05) is 12.4 Å². The van der Waals surface area contributed by atoms with Gasteiger partial charge in [0.05, 0.1) is 13.0 Å². The summed E-state index contributed by atoms with van der Waals surface area (Å²) in [6.45, 7) is 0. The minimum Gasteiger partial charge on any atom is -0.469 e. The second-order valence-electron chi connectivity index (χ2n) is 5.18. The lowest BCUT2D eigenvalue weighted by molar-refractivity contribution is -0.146. The van der Waals surface area contributed by atoms with Crippen LogP contribution in [0.4, 0.5) is 10.5 Å². The quantitative estimate of drug-likeness (QED) is 0.843. The Labute approximate surface area is 129 Å². The van der Waals surface area contributed by atoms with Gasteiger partial charge in [0.2, 0.25) is 0 Å². The molecule has 114 valence electrons. The first-order chi connectivity index (χ1) is 10.1. The third-order valence-corrected chi connectivity index (χ3v) is 3.91. The average molecular weight is 311 g/mol. The number of hydrogen-bond donors (Lipinski definition) is 2. The number of urea groups is 1. The molecule has 0 spiro atoms. The number of carbonyl (C=O) groups is 2. The molecule has 1 fully saturated rings. The summed E-state index contributed by atoms with van der Waals surface area (Å²) in [6, 6.07) is 6.83. The van der Waals surface area contributed by atoms with E-state index in [0.29, 0.717) is 10.7 Å². The van der Waals surface area contributed by atoms with Gasteiger partial charge in [0.25, 0.3) is 0 Å². The Balaban J connectivity index is 1.78. The zero-order chi connectivity index (χ0) is 15.2. The standard InChI is InChI=1S/C15H19ClN2O3/c1-21-14(19)10-5-7-12(8-6-10)17-15(20)18-13-4-2-3-11(16)9-13/h2-4,9-10,12H,5-8H2,1H3,(H2,17,18,20). The van der Waals surface area contributed by atoms with E-state index in [0.717, 1.165) is 25.7 Å². The Morgan fingerprint density at radius 2 is 1.95 bits per heavy atom. The number of anilines is 1. The Morgan fingerprint density at radius 3 is 2.57 bits per heavy atom. The Kier molecular flexibility index (Phi) is 5.44. The molecule has 5 nitrogen and oxygen atoms in total. The number of esters is 1. The largest absolute Gasteiger partial charge is 0.469 e. The van der Waals surface area contributed by atoms with Gasteiger partial charge in [0.1, 0.15) is 0 Å². The fraction of sp³-hybridized carbons (Fsp3) is 0.467. The maximum Gasteiger partial charge on any atom is 0.319 e. The van der Waals surface area contributed by atoms with Gasteiger partial charge in [-0.15, -0.1) is 0 Å². The molecule has 1 aliphatic rings. The highest BCUT2D eigenvalue weighted by atomic mass is 35.5. The van der Waals surface area contributed by atoms with Gasteiger partial charge in [0, 0.05) is 16.8 Å². The zero-order valence-electron chi connectivity index (χ0n) is 11.9. The van der Waals surface area contributed by atoms with E-state index in [1.807, 2.05) is 0 Å². The van der Waals surface area contributed by atoms with Crippen LogP contribution in [0.5, 0.6) is 0 Å². The number of nitrogens with one attached hydrogen (secondary N) is 2. The molecule has 0 unspecified atom stereocenters. The molecule has 0 atom stereocenters. The molecule has 2 N–H and O–H groups in total. The van der Waals surface area contributed by atoms with Gasteiger partial charge in [-0.1, -0.05) is 17.7 Å². The third-order valence-electron chi connectivity index (χ3n) is 3.68. The van der Waals surface area contributed by atoms with Crippen LogP contribution in [-0.2, 0) is 9.53 Å². The van der Waals surface area contributed by atoms with E-state index in [-0.39, 0.29) is 24.0 Å². The van der Waals surface area contributed by atoms with Crippen molar-refractivity contribution in [3.63, 3.8) is 0 Å². The molecule has 0 aromatic heterocycles. The highest BCUT2D eigenvalue weighted by Crippen LogP contribution is 2.25. The van der Waals surface area contributed by atoms with E-state index in [1.165, 1.54) is 7.11 Å². The van der Waals surface area contributed by atoms with Gasteiger partial charge in [-0.25, -0.2) is 4.79 Å². The first kappa shape index (κ1) is 15.6. The minimum atomic E-state index is -0.251. The maximum atomic E-state index is 11.9. The van der Waals surface area contributed by atoms with Crippen molar-refractivity contribution in [1.82, 2.24) is 5.32 Å². The molecule has 0 aliphatic heterocycles. The molecule has 6 heteroatoms. The summed E-state index contributed by atoms with van der Waals surface area (Å²) < 4.78 is 4.75. The minimum absolute atomic E-state index is 0.0379. The van der Waals surface area contributed by atoms with Crippen LogP contribution in [0.15, 0.2) is 24.3 Å². The summed E-state index contributed by atoms with van der Waals surface area (Å²) in [6.07, 6.45) is 3.05. The lowest BCUT2D eigenvalue weighted by Crippen LogP contribution is -2.41. The van der Waals surface area contributed by atoms with Gasteiger partial charge in [-0.3, -0.25) is 4.79 Å². The highest BCUT2D eigenvalue weighted by Gasteiger charge is 2.27. The van der Waals surface area contributed by atoms with Gasteiger partial charge in [-0.2, -0.15) is 0 Å². The van der Waals surface area contributed by atoms with Crippen molar-refractivity contribution in [2.24, 2.45) is 5.92 Å². The second kappa shape index (κ2) is 7.31. The third kappa shape index (κ3) is 4.63.